The summed E-state index contributed by atoms with van der Waals surface area (Å²) in [5.41, 5.74) is 3.66. The highest BCUT2D eigenvalue weighted by atomic mass is 32.2. The second-order valence-corrected chi connectivity index (χ2v) is 11.3. The summed E-state index contributed by atoms with van der Waals surface area (Å²) in [5.74, 6) is 2.36. The first-order valence-corrected chi connectivity index (χ1v) is 13.6. The summed E-state index contributed by atoms with van der Waals surface area (Å²) in [7, 11) is 0.276. The third-order valence-electron chi connectivity index (χ3n) is 6.61. The Labute approximate surface area is 200 Å². The largest absolute Gasteiger partial charge is 0.368 e. The molecule has 0 radical (unpaired) electrons. The van der Waals surface area contributed by atoms with Crippen molar-refractivity contribution in [1.29, 1.82) is 0 Å². The van der Waals surface area contributed by atoms with Crippen LogP contribution in [0.5, 0.6) is 0 Å². The van der Waals surface area contributed by atoms with Crippen LogP contribution in [0.2, 0.25) is 0 Å². The molecular formula is C29H33O3S+. The van der Waals surface area contributed by atoms with Crippen molar-refractivity contribution in [2.45, 2.75) is 56.2 Å². The minimum atomic E-state index is 0.0679. The first kappa shape index (κ1) is 22.7. The summed E-state index contributed by atoms with van der Waals surface area (Å²) in [5, 5.41) is 0.409. The van der Waals surface area contributed by atoms with Crippen LogP contribution in [0.3, 0.4) is 0 Å². The Balaban J connectivity index is 1.30. The van der Waals surface area contributed by atoms with Gasteiger partial charge in [-0.3, -0.25) is 0 Å². The van der Waals surface area contributed by atoms with E-state index in [4.69, 9.17) is 14.2 Å². The molecule has 0 aromatic heterocycles. The zero-order valence-corrected chi connectivity index (χ0v) is 19.9. The van der Waals surface area contributed by atoms with Gasteiger partial charge in [-0.05, 0) is 40.4 Å². The van der Waals surface area contributed by atoms with Gasteiger partial charge in [-0.15, -0.1) is 0 Å². The number of benzene rings is 3. The van der Waals surface area contributed by atoms with Crippen molar-refractivity contribution in [3.63, 3.8) is 0 Å². The van der Waals surface area contributed by atoms with Crippen molar-refractivity contribution in [3.05, 3.63) is 108 Å². The lowest BCUT2D eigenvalue weighted by atomic mass is 10.0. The molecule has 3 aromatic carbocycles. The normalized spacial score (nSPS) is 26.7. The monoisotopic (exact) mass is 461 g/mol. The van der Waals surface area contributed by atoms with E-state index in [1.165, 1.54) is 28.9 Å². The van der Waals surface area contributed by atoms with Gasteiger partial charge in [0.1, 0.15) is 29.8 Å². The number of hydrogen-bond donors (Lipinski definition) is 0. The highest BCUT2D eigenvalue weighted by molar-refractivity contribution is 7.97. The lowest BCUT2D eigenvalue weighted by Crippen LogP contribution is -2.47. The minimum absolute atomic E-state index is 0.0679. The van der Waals surface area contributed by atoms with Gasteiger partial charge in [0.05, 0.1) is 19.8 Å². The maximum absolute atomic E-state index is 6.64. The van der Waals surface area contributed by atoms with Crippen molar-refractivity contribution in [1.82, 2.24) is 0 Å². The van der Waals surface area contributed by atoms with Gasteiger partial charge in [0, 0.05) is 0 Å². The van der Waals surface area contributed by atoms with Crippen LogP contribution in [-0.2, 0) is 44.9 Å². The number of fused-ring (bicyclic) bond motifs is 1. The molecule has 0 bridgehead atoms. The van der Waals surface area contributed by atoms with Crippen molar-refractivity contribution in [2.75, 3.05) is 11.5 Å². The van der Waals surface area contributed by atoms with Crippen LogP contribution in [0, 0.1) is 0 Å². The average Bonchev–Trinajstić information content (AvgIpc) is 3.25. The molecule has 0 N–H and O–H groups in total. The Kier molecular flexibility index (Phi) is 7.79. The van der Waals surface area contributed by atoms with Crippen LogP contribution in [0.1, 0.15) is 29.5 Å². The second-order valence-electron chi connectivity index (χ2n) is 8.95. The van der Waals surface area contributed by atoms with Gasteiger partial charge < -0.3 is 14.2 Å². The molecule has 172 valence electrons. The van der Waals surface area contributed by atoms with Crippen molar-refractivity contribution < 1.29 is 14.2 Å². The smallest absolute Gasteiger partial charge is 0.172 e. The fraction of sp³-hybridized carbons (Fsp3) is 0.379. The van der Waals surface area contributed by atoms with Gasteiger partial charge in [-0.25, -0.2) is 0 Å². The van der Waals surface area contributed by atoms with Gasteiger partial charge in [0.2, 0.25) is 0 Å². The third kappa shape index (κ3) is 5.88. The summed E-state index contributed by atoms with van der Waals surface area (Å²) in [6.07, 6.45) is 2.75. The van der Waals surface area contributed by atoms with Crippen LogP contribution >= 0.6 is 0 Å². The highest BCUT2D eigenvalue weighted by Gasteiger charge is 2.57. The Morgan fingerprint density at radius 1 is 0.606 bits per heavy atom. The third-order valence-corrected chi connectivity index (χ3v) is 9.53. The molecule has 0 saturated carbocycles. The molecule has 2 heterocycles. The summed E-state index contributed by atoms with van der Waals surface area (Å²) >= 11 is 0. The molecule has 2 fully saturated rings. The maximum atomic E-state index is 6.64. The van der Waals surface area contributed by atoms with Gasteiger partial charge in [-0.2, -0.15) is 0 Å². The molecule has 2 aliphatic heterocycles. The molecule has 2 saturated heterocycles. The first-order valence-electron chi connectivity index (χ1n) is 12.0. The lowest BCUT2D eigenvalue weighted by molar-refractivity contribution is -0.0906. The Bertz CT molecular complexity index is 966. The van der Waals surface area contributed by atoms with E-state index in [2.05, 4.69) is 91.0 Å². The number of ether oxygens (including phenoxy) is 3. The standard InChI is InChI=1S/C29H33O3S/c1-4-11-23(12-5-1)19-30-26-17-10-18-33-22-27(31-20-24-13-6-2-7-14-24)28(29(26)33)32-21-25-15-8-3-9-16-25/h1-9,11-16,26-29H,10,17-22H2/q+1/t26-,27-,28+,29-,33?/m1/s1. The van der Waals surface area contributed by atoms with Gasteiger partial charge in [0.15, 0.2) is 5.25 Å². The molecule has 3 nitrogen and oxygen atoms in total. The number of rotatable bonds is 9. The van der Waals surface area contributed by atoms with E-state index in [1.54, 1.807) is 0 Å². The Morgan fingerprint density at radius 2 is 1.09 bits per heavy atom. The van der Waals surface area contributed by atoms with E-state index in [0.29, 0.717) is 25.1 Å². The van der Waals surface area contributed by atoms with Crippen LogP contribution in [0.25, 0.3) is 0 Å². The van der Waals surface area contributed by atoms with E-state index in [0.717, 1.165) is 12.2 Å². The predicted octanol–water partition coefficient (Wildman–Crippen LogP) is 5.54. The van der Waals surface area contributed by atoms with E-state index >= 15 is 0 Å². The predicted molar refractivity (Wildman–Crippen MR) is 135 cm³/mol. The molecule has 1 unspecified atom stereocenters. The highest BCUT2D eigenvalue weighted by Crippen LogP contribution is 2.38. The van der Waals surface area contributed by atoms with Gasteiger partial charge >= 0.3 is 0 Å². The molecular weight excluding hydrogens is 428 g/mol. The quantitative estimate of drug-likeness (QED) is 0.392. The summed E-state index contributed by atoms with van der Waals surface area (Å²) < 4.78 is 19.7. The Morgan fingerprint density at radius 3 is 1.64 bits per heavy atom. The molecule has 0 aliphatic carbocycles. The maximum Gasteiger partial charge on any atom is 0.172 e. The van der Waals surface area contributed by atoms with Crippen molar-refractivity contribution >= 4 is 10.9 Å². The number of hydrogen-bond acceptors (Lipinski definition) is 3. The average molecular weight is 462 g/mol. The van der Waals surface area contributed by atoms with Crippen molar-refractivity contribution in [3.8, 4) is 0 Å². The molecule has 33 heavy (non-hydrogen) atoms. The SMILES string of the molecule is c1ccc(CO[C@@H]2[C@H]3[C@H](OCc4ccccc4)CCC[S+]3C[C@H]2OCc2ccccc2)cc1. The van der Waals surface area contributed by atoms with E-state index in [1.807, 2.05) is 0 Å². The zero-order chi connectivity index (χ0) is 22.3. The molecule has 4 heteroatoms. The van der Waals surface area contributed by atoms with Gasteiger partial charge in [0.25, 0.3) is 0 Å². The molecule has 0 amide bonds. The fourth-order valence-corrected chi connectivity index (χ4v) is 8.13. The summed E-state index contributed by atoms with van der Waals surface area (Å²) in [6, 6.07) is 31.5. The minimum Gasteiger partial charge on any atom is -0.368 e. The van der Waals surface area contributed by atoms with E-state index < -0.39 is 0 Å². The molecule has 5 atom stereocenters. The molecule has 3 aromatic rings. The van der Waals surface area contributed by atoms with Crippen LogP contribution in [0.15, 0.2) is 91.0 Å². The van der Waals surface area contributed by atoms with Crippen LogP contribution < -0.4 is 0 Å². The van der Waals surface area contributed by atoms with Crippen LogP contribution in [0.4, 0.5) is 0 Å². The first-order chi connectivity index (χ1) is 16.4. The van der Waals surface area contributed by atoms with Gasteiger partial charge in [-0.1, -0.05) is 91.0 Å². The molecule has 2 aliphatic rings. The molecule has 5 rings (SSSR count). The van der Waals surface area contributed by atoms with Crippen molar-refractivity contribution in [2.24, 2.45) is 0 Å². The molecule has 0 spiro atoms. The lowest BCUT2D eigenvalue weighted by Gasteiger charge is -2.31. The van der Waals surface area contributed by atoms with E-state index in [9.17, 15) is 0 Å². The summed E-state index contributed by atoms with van der Waals surface area (Å²) in [4.78, 5) is 0. The topological polar surface area (TPSA) is 27.7 Å². The zero-order valence-electron chi connectivity index (χ0n) is 19.1. The second kappa shape index (κ2) is 11.3. The fourth-order valence-electron chi connectivity index (χ4n) is 4.94. The Hall–Kier alpha value is -2.11. The van der Waals surface area contributed by atoms with E-state index in [-0.39, 0.29) is 29.2 Å². The van der Waals surface area contributed by atoms with Crippen LogP contribution in [-0.4, -0.2) is 35.1 Å². The summed E-state index contributed by atoms with van der Waals surface area (Å²) in [6.45, 7) is 1.92.